The summed E-state index contributed by atoms with van der Waals surface area (Å²) in [6.07, 6.45) is 6.84. The zero-order valence-electron chi connectivity index (χ0n) is 18.2. The van der Waals surface area contributed by atoms with Crippen LogP contribution in [-0.4, -0.2) is 23.5 Å². The van der Waals surface area contributed by atoms with Crippen molar-refractivity contribution in [3.8, 4) is 5.75 Å². The molecule has 0 spiro atoms. The summed E-state index contributed by atoms with van der Waals surface area (Å²) >= 11 is 0. The molecule has 4 saturated carbocycles. The molecule has 0 unspecified atom stereocenters. The van der Waals surface area contributed by atoms with E-state index < -0.39 is 5.97 Å². The lowest BCUT2D eigenvalue weighted by Crippen LogP contribution is -2.51. The average molecular weight is 424 g/mol. The number of carbonyl (C=O) groups is 2. The van der Waals surface area contributed by atoms with Crippen molar-refractivity contribution >= 4 is 11.8 Å². The Morgan fingerprint density at radius 3 is 2.19 bits per heavy atom. The number of nitrogens with zero attached hydrogens (tertiary/aromatic N) is 1. The standard InChI is InChI=1S/C25H29NO5/c1-15-22(16(2)31-26-15)13-29-21-5-3-20(4-6-21)24(28)30-14-23(27)25-10-17-7-18(11-25)9-19(8-17)12-25/h3-6,17-19H,7-14H2,1-2H3. The van der Waals surface area contributed by atoms with Gasteiger partial charge in [0.15, 0.2) is 12.4 Å². The van der Waals surface area contributed by atoms with Gasteiger partial charge in [-0.2, -0.15) is 0 Å². The average Bonchev–Trinajstić information content (AvgIpc) is 3.07. The highest BCUT2D eigenvalue weighted by atomic mass is 16.5. The highest BCUT2D eigenvalue weighted by Crippen LogP contribution is 2.60. The van der Waals surface area contributed by atoms with Gasteiger partial charge in [0.05, 0.1) is 16.8 Å². The van der Waals surface area contributed by atoms with Gasteiger partial charge in [-0.1, -0.05) is 5.16 Å². The first-order chi connectivity index (χ1) is 14.9. The minimum Gasteiger partial charge on any atom is -0.489 e. The largest absolute Gasteiger partial charge is 0.489 e. The number of hydrogen-bond donors (Lipinski definition) is 0. The van der Waals surface area contributed by atoms with Gasteiger partial charge in [0.2, 0.25) is 0 Å². The molecule has 31 heavy (non-hydrogen) atoms. The number of benzene rings is 1. The summed E-state index contributed by atoms with van der Waals surface area (Å²) < 4.78 is 16.3. The van der Waals surface area contributed by atoms with E-state index in [0.29, 0.717) is 35.7 Å². The van der Waals surface area contributed by atoms with Crippen LogP contribution >= 0.6 is 0 Å². The molecular weight excluding hydrogens is 394 g/mol. The number of carbonyl (C=O) groups excluding carboxylic acids is 2. The monoisotopic (exact) mass is 423 g/mol. The van der Waals surface area contributed by atoms with Crippen molar-refractivity contribution in [2.45, 2.75) is 59.0 Å². The van der Waals surface area contributed by atoms with Gasteiger partial charge in [0.25, 0.3) is 0 Å². The first-order valence-corrected chi connectivity index (χ1v) is 11.3. The van der Waals surface area contributed by atoms with Crippen LogP contribution in [0.15, 0.2) is 28.8 Å². The molecule has 0 radical (unpaired) electrons. The summed E-state index contributed by atoms with van der Waals surface area (Å²) in [5, 5.41) is 3.92. The summed E-state index contributed by atoms with van der Waals surface area (Å²) in [7, 11) is 0. The number of aryl methyl sites for hydroxylation is 2. The number of ketones is 1. The van der Waals surface area contributed by atoms with E-state index in [1.165, 1.54) is 19.3 Å². The molecular formula is C25H29NO5. The van der Waals surface area contributed by atoms with Crippen molar-refractivity contribution < 1.29 is 23.6 Å². The lowest BCUT2D eigenvalue weighted by molar-refractivity contribution is -0.147. The number of hydrogen-bond acceptors (Lipinski definition) is 6. The fourth-order valence-corrected chi connectivity index (χ4v) is 6.37. The first kappa shape index (κ1) is 20.3. The summed E-state index contributed by atoms with van der Waals surface area (Å²) in [6, 6.07) is 6.80. The Labute approximate surface area is 182 Å². The molecule has 0 saturated heterocycles. The van der Waals surface area contributed by atoms with Crippen molar-refractivity contribution in [3.05, 3.63) is 46.8 Å². The van der Waals surface area contributed by atoms with E-state index in [1.54, 1.807) is 24.3 Å². The number of ether oxygens (including phenoxy) is 2. The maximum Gasteiger partial charge on any atom is 0.338 e. The van der Waals surface area contributed by atoms with E-state index >= 15 is 0 Å². The number of Topliss-reactive ketones (excluding diaryl/α,β-unsaturated/α-hetero) is 1. The Morgan fingerprint density at radius 1 is 1.03 bits per heavy atom. The molecule has 2 aromatic rings. The Hall–Kier alpha value is -2.63. The van der Waals surface area contributed by atoms with Crippen molar-refractivity contribution in [2.75, 3.05) is 6.61 Å². The van der Waals surface area contributed by atoms with E-state index in [-0.39, 0.29) is 17.8 Å². The molecule has 6 rings (SSSR count). The van der Waals surface area contributed by atoms with Crippen molar-refractivity contribution in [2.24, 2.45) is 23.2 Å². The molecule has 0 aliphatic heterocycles. The van der Waals surface area contributed by atoms with Gasteiger partial charge in [-0.3, -0.25) is 4.79 Å². The quantitative estimate of drug-likeness (QED) is 0.595. The lowest BCUT2D eigenvalue weighted by Gasteiger charge is -2.55. The van der Waals surface area contributed by atoms with E-state index in [1.807, 2.05) is 13.8 Å². The molecule has 6 heteroatoms. The van der Waals surface area contributed by atoms with Gasteiger partial charge in [0.1, 0.15) is 18.1 Å². The van der Waals surface area contributed by atoms with Crippen molar-refractivity contribution in [3.63, 3.8) is 0 Å². The van der Waals surface area contributed by atoms with E-state index in [9.17, 15) is 9.59 Å². The maximum atomic E-state index is 13.0. The zero-order chi connectivity index (χ0) is 21.6. The third kappa shape index (κ3) is 3.88. The van der Waals surface area contributed by atoms with Crippen LogP contribution < -0.4 is 4.74 Å². The molecule has 4 aliphatic carbocycles. The smallest absolute Gasteiger partial charge is 0.338 e. The SMILES string of the molecule is Cc1noc(C)c1COc1ccc(C(=O)OCC(=O)C23CC4CC(CC(C4)C2)C3)cc1. The molecule has 4 bridgehead atoms. The van der Waals surface area contributed by atoms with Gasteiger partial charge >= 0.3 is 5.97 Å². The Bertz CT molecular complexity index is 935. The minimum atomic E-state index is -0.463. The lowest BCUT2D eigenvalue weighted by atomic mass is 9.48. The molecule has 4 fully saturated rings. The van der Waals surface area contributed by atoms with Crippen LogP contribution in [0.5, 0.6) is 5.75 Å². The number of esters is 1. The van der Waals surface area contributed by atoms with Crippen LogP contribution in [-0.2, 0) is 16.1 Å². The zero-order valence-corrected chi connectivity index (χ0v) is 18.2. The molecule has 0 N–H and O–H groups in total. The second kappa shape index (κ2) is 7.81. The summed E-state index contributed by atoms with van der Waals surface area (Å²) in [6.45, 7) is 3.96. The molecule has 1 heterocycles. The fourth-order valence-electron chi connectivity index (χ4n) is 6.37. The second-order valence-corrected chi connectivity index (χ2v) is 9.81. The first-order valence-electron chi connectivity index (χ1n) is 11.3. The van der Waals surface area contributed by atoms with Gasteiger partial charge < -0.3 is 14.0 Å². The van der Waals surface area contributed by atoms with Crippen molar-refractivity contribution in [1.29, 1.82) is 0 Å². The summed E-state index contributed by atoms with van der Waals surface area (Å²) in [5.74, 6) is 3.13. The van der Waals surface area contributed by atoms with Crippen LogP contribution in [0, 0.1) is 37.0 Å². The van der Waals surface area contributed by atoms with Gasteiger partial charge in [-0.05, 0) is 94.4 Å². The Balaban J connectivity index is 1.15. The maximum absolute atomic E-state index is 13.0. The van der Waals surface area contributed by atoms with Crippen molar-refractivity contribution in [1.82, 2.24) is 5.16 Å². The molecule has 1 aromatic carbocycles. The third-order valence-corrected chi connectivity index (χ3v) is 7.62. The van der Waals surface area contributed by atoms with Crippen LogP contribution in [0.1, 0.15) is 65.9 Å². The molecule has 6 nitrogen and oxygen atoms in total. The molecule has 1 aromatic heterocycles. The van der Waals surface area contributed by atoms with Crippen LogP contribution in [0.25, 0.3) is 0 Å². The predicted molar refractivity (Wildman–Crippen MR) is 113 cm³/mol. The van der Waals surface area contributed by atoms with E-state index in [0.717, 1.165) is 36.3 Å². The molecule has 0 atom stereocenters. The highest BCUT2D eigenvalue weighted by Gasteiger charge is 2.54. The third-order valence-electron chi connectivity index (χ3n) is 7.62. The Morgan fingerprint density at radius 2 is 1.65 bits per heavy atom. The van der Waals surface area contributed by atoms with E-state index in [4.69, 9.17) is 14.0 Å². The van der Waals surface area contributed by atoms with Crippen LogP contribution in [0.3, 0.4) is 0 Å². The number of aromatic nitrogens is 1. The molecule has 164 valence electrons. The number of rotatable bonds is 7. The second-order valence-electron chi connectivity index (χ2n) is 9.81. The van der Waals surface area contributed by atoms with Gasteiger partial charge in [-0.25, -0.2) is 4.79 Å². The normalized spacial score (nSPS) is 28.5. The topological polar surface area (TPSA) is 78.6 Å². The minimum absolute atomic E-state index is 0.116. The van der Waals surface area contributed by atoms with Gasteiger partial charge in [-0.15, -0.1) is 0 Å². The van der Waals surface area contributed by atoms with Crippen LogP contribution in [0.4, 0.5) is 0 Å². The Kier molecular flexibility index (Phi) is 5.11. The molecule has 4 aliphatic rings. The summed E-state index contributed by atoms with van der Waals surface area (Å²) in [5.41, 5.74) is 1.92. The highest BCUT2D eigenvalue weighted by molar-refractivity contribution is 5.93. The van der Waals surface area contributed by atoms with Crippen LogP contribution in [0.2, 0.25) is 0 Å². The summed E-state index contributed by atoms with van der Waals surface area (Å²) in [4.78, 5) is 25.5. The predicted octanol–water partition coefficient (Wildman–Crippen LogP) is 4.81. The fraction of sp³-hybridized carbons (Fsp3) is 0.560. The van der Waals surface area contributed by atoms with E-state index in [2.05, 4.69) is 5.16 Å². The molecule has 0 amide bonds. The van der Waals surface area contributed by atoms with Gasteiger partial charge in [0, 0.05) is 5.41 Å².